The second kappa shape index (κ2) is 11.1. The quantitative estimate of drug-likeness (QED) is 0.337. The third kappa shape index (κ3) is 7.03. The van der Waals surface area contributed by atoms with Gasteiger partial charge >= 0.3 is 0 Å². The van der Waals surface area contributed by atoms with E-state index < -0.39 is 15.8 Å². The van der Waals surface area contributed by atoms with Crippen LogP contribution in [0.4, 0.5) is 4.39 Å². The Morgan fingerprint density at radius 1 is 1.39 bits per heavy atom. The first-order valence-electron chi connectivity index (χ1n) is 9.00. The molecule has 10 heteroatoms. The molecule has 1 heterocycles. The summed E-state index contributed by atoms with van der Waals surface area (Å²) in [4.78, 5) is 4.22. The zero-order valence-corrected chi connectivity index (χ0v) is 19.9. The summed E-state index contributed by atoms with van der Waals surface area (Å²) in [6.45, 7) is 3.75. The van der Waals surface area contributed by atoms with E-state index in [2.05, 4.69) is 15.6 Å². The molecule has 160 valence electrons. The molecule has 1 aliphatic rings. The number of nitrogens with zero attached hydrogens (tertiary/aromatic N) is 2. The predicted octanol–water partition coefficient (Wildman–Crippen LogP) is 2.35. The van der Waals surface area contributed by atoms with Gasteiger partial charge in [0.2, 0.25) is 10.0 Å². The second-order valence-corrected chi connectivity index (χ2v) is 8.80. The molecule has 0 saturated carbocycles. The van der Waals surface area contributed by atoms with Crippen molar-refractivity contribution in [3.63, 3.8) is 0 Å². The first kappa shape index (κ1) is 24.9. The first-order valence-corrected chi connectivity index (χ1v) is 10.8. The van der Waals surface area contributed by atoms with E-state index in [1.165, 1.54) is 23.7 Å². The molecule has 0 amide bonds. The molecular weight excluding hydrogens is 498 g/mol. The average molecular weight is 528 g/mol. The van der Waals surface area contributed by atoms with Crippen LogP contribution in [0.2, 0.25) is 0 Å². The van der Waals surface area contributed by atoms with Gasteiger partial charge in [-0.05, 0) is 43.4 Å². The molecule has 1 atom stereocenters. The average Bonchev–Trinajstić information content (AvgIpc) is 2.64. The van der Waals surface area contributed by atoms with Crippen molar-refractivity contribution in [1.29, 1.82) is 0 Å². The van der Waals surface area contributed by atoms with Crippen LogP contribution < -0.4 is 15.4 Å². The van der Waals surface area contributed by atoms with Crippen LogP contribution in [0.3, 0.4) is 0 Å². The van der Waals surface area contributed by atoms with E-state index >= 15 is 0 Å². The van der Waals surface area contributed by atoms with E-state index in [1.54, 1.807) is 13.1 Å². The lowest BCUT2D eigenvalue weighted by Crippen LogP contribution is -2.44. The van der Waals surface area contributed by atoms with Gasteiger partial charge in [-0.3, -0.25) is 4.99 Å². The van der Waals surface area contributed by atoms with Crippen molar-refractivity contribution < 1.29 is 17.5 Å². The summed E-state index contributed by atoms with van der Waals surface area (Å²) in [5.74, 6) is 0.831. The number of hydrogen-bond acceptors (Lipinski definition) is 4. The molecule has 0 radical (unpaired) electrons. The molecule has 0 aliphatic carbocycles. The third-order valence-corrected chi connectivity index (χ3v) is 6.16. The minimum absolute atomic E-state index is 0. The number of halogens is 2. The molecule has 0 spiro atoms. The highest BCUT2D eigenvalue weighted by Gasteiger charge is 2.25. The lowest BCUT2D eigenvalue weighted by atomic mass is 9.98. The topological polar surface area (TPSA) is 83.0 Å². The Kier molecular flexibility index (Phi) is 9.91. The highest BCUT2D eigenvalue weighted by molar-refractivity contribution is 14.0. The highest BCUT2D eigenvalue weighted by atomic mass is 127. The maximum Gasteiger partial charge on any atom is 0.211 e. The molecule has 1 unspecified atom stereocenters. The first-order chi connectivity index (χ1) is 12.7. The van der Waals surface area contributed by atoms with Crippen LogP contribution in [0.25, 0.3) is 0 Å². The summed E-state index contributed by atoms with van der Waals surface area (Å²) < 4.78 is 43.5. The number of nitrogens with one attached hydrogen (secondary N) is 2. The summed E-state index contributed by atoms with van der Waals surface area (Å²) in [7, 11) is 0.0168. The Hall–Kier alpha value is -1.14. The van der Waals surface area contributed by atoms with Crippen molar-refractivity contribution in [1.82, 2.24) is 14.9 Å². The fourth-order valence-electron chi connectivity index (χ4n) is 3.12. The van der Waals surface area contributed by atoms with Crippen LogP contribution in [0.15, 0.2) is 23.2 Å². The lowest BCUT2D eigenvalue weighted by molar-refractivity contribution is 0.274. The number of ether oxygens (including phenoxy) is 1. The number of methoxy groups -OCH3 is 1. The normalized spacial score (nSPS) is 17.5. The fourth-order valence-corrected chi connectivity index (χ4v) is 4.00. The maximum absolute atomic E-state index is 13.9. The van der Waals surface area contributed by atoms with Gasteiger partial charge in [0.1, 0.15) is 0 Å². The monoisotopic (exact) mass is 528 g/mol. The molecule has 7 nitrogen and oxygen atoms in total. The van der Waals surface area contributed by atoms with Gasteiger partial charge in [0, 0.05) is 26.7 Å². The number of piperidine rings is 1. The van der Waals surface area contributed by atoms with Gasteiger partial charge in [0.15, 0.2) is 17.5 Å². The number of aliphatic imine (C=N–C) groups is 1. The molecule has 1 saturated heterocycles. The van der Waals surface area contributed by atoms with Crippen LogP contribution in [0.5, 0.6) is 5.75 Å². The molecule has 28 heavy (non-hydrogen) atoms. The second-order valence-electron chi connectivity index (χ2n) is 6.82. The van der Waals surface area contributed by atoms with Crippen LogP contribution in [0, 0.1) is 11.7 Å². The van der Waals surface area contributed by atoms with Gasteiger partial charge in [0.05, 0.1) is 19.4 Å². The van der Waals surface area contributed by atoms with Crippen molar-refractivity contribution in [3.05, 3.63) is 29.6 Å². The van der Waals surface area contributed by atoms with Crippen molar-refractivity contribution in [2.75, 3.05) is 40.0 Å². The lowest BCUT2D eigenvalue weighted by Gasteiger charge is -2.30. The van der Waals surface area contributed by atoms with Crippen LogP contribution in [0.1, 0.15) is 31.4 Å². The Balaban J connectivity index is 0.00000392. The smallest absolute Gasteiger partial charge is 0.211 e. The van der Waals surface area contributed by atoms with Crippen LogP contribution >= 0.6 is 24.0 Å². The Morgan fingerprint density at radius 3 is 2.54 bits per heavy atom. The zero-order valence-electron chi connectivity index (χ0n) is 16.7. The minimum atomic E-state index is -3.10. The molecule has 1 aromatic rings. The predicted molar refractivity (Wildman–Crippen MR) is 120 cm³/mol. The number of hydrogen-bond donors (Lipinski definition) is 2. The van der Waals surface area contributed by atoms with E-state index in [4.69, 9.17) is 4.74 Å². The number of sulfonamides is 1. The van der Waals surface area contributed by atoms with Gasteiger partial charge in [0.25, 0.3) is 0 Å². The highest BCUT2D eigenvalue weighted by Crippen LogP contribution is 2.22. The molecule has 0 bridgehead atoms. The largest absolute Gasteiger partial charge is 0.494 e. The van der Waals surface area contributed by atoms with Crippen molar-refractivity contribution in [2.45, 2.75) is 25.8 Å². The Labute approximate surface area is 184 Å². The minimum Gasteiger partial charge on any atom is -0.494 e. The van der Waals surface area contributed by atoms with Crippen molar-refractivity contribution >= 4 is 40.0 Å². The standard InChI is InChI=1S/C18H29FN4O3S.HI/c1-13(15-5-6-17(26-3)16(19)11-15)22-18(20-2)21-12-14-7-9-23(10-8-14)27(4,24)25;/h5-6,11,13-14H,7-10,12H2,1-4H3,(H2,20,21,22);1H. The van der Waals surface area contributed by atoms with Gasteiger partial charge in [-0.15, -0.1) is 24.0 Å². The zero-order chi connectivity index (χ0) is 20.0. The molecule has 1 aromatic carbocycles. The van der Waals surface area contributed by atoms with Crippen molar-refractivity contribution in [3.8, 4) is 5.75 Å². The Morgan fingerprint density at radius 2 is 2.04 bits per heavy atom. The van der Waals surface area contributed by atoms with E-state index in [0.29, 0.717) is 31.5 Å². The van der Waals surface area contributed by atoms with Gasteiger partial charge in [-0.1, -0.05) is 6.07 Å². The van der Waals surface area contributed by atoms with Crippen molar-refractivity contribution in [2.24, 2.45) is 10.9 Å². The summed E-state index contributed by atoms with van der Waals surface area (Å²) in [6.07, 6.45) is 2.88. The van der Waals surface area contributed by atoms with E-state index in [9.17, 15) is 12.8 Å². The Bertz CT molecular complexity index is 768. The summed E-state index contributed by atoms with van der Waals surface area (Å²) in [5, 5.41) is 6.53. The maximum atomic E-state index is 13.9. The molecule has 1 fully saturated rings. The molecule has 2 N–H and O–H groups in total. The van der Waals surface area contributed by atoms with Gasteiger partial charge in [-0.2, -0.15) is 0 Å². The van der Waals surface area contributed by atoms with Crippen LogP contribution in [-0.4, -0.2) is 58.7 Å². The fraction of sp³-hybridized carbons (Fsp3) is 0.611. The van der Waals surface area contributed by atoms with E-state index in [-0.39, 0.29) is 35.8 Å². The molecule has 0 aromatic heterocycles. The molecule has 1 aliphatic heterocycles. The van der Waals surface area contributed by atoms with Gasteiger partial charge in [-0.25, -0.2) is 17.1 Å². The van der Waals surface area contributed by atoms with Gasteiger partial charge < -0.3 is 15.4 Å². The third-order valence-electron chi connectivity index (χ3n) is 4.85. The number of rotatable bonds is 6. The molecule has 2 rings (SSSR count). The summed E-state index contributed by atoms with van der Waals surface area (Å²) >= 11 is 0. The van der Waals surface area contributed by atoms with E-state index in [0.717, 1.165) is 18.4 Å². The number of benzene rings is 1. The SMILES string of the molecule is CN=C(NCC1CCN(S(C)(=O)=O)CC1)NC(C)c1ccc(OC)c(F)c1.I. The van der Waals surface area contributed by atoms with E-state index in [1.807, 2.05) is 13.0 Å². The molecular formula is C18H30FIN4O3S. The summed E-state index contributed by atoms with van der Waals surface area (Å²) in [6, 6.07) is 4.73. The number of guanidine groups is 1. The van der Waals surface area contributed by atoms with Crippen LogP contribution in [-0.2, 0) is 10.0 Å². The summed E-state index contributed by atoms with van der Waals surface area (Å²) in [5.41, 5.74) is 0.790.